The molecule has 3 aromatic carbocycles. The largest absolute Gasteiger partial charge is 0.416 e. The maximum Gasteiger partial charge on any atom is 0.416 e. The number of benzene rings is 3. The van der Waals surface area contributed by atoms with Gasteiger partial charge in [0.25, 0.3) is 0 Å². The Kier molecular flexibility index (Phi) is 6.73. The zero-order valence-electron chi connectivity index (χ0n) is 18.5. The fourth-order valence-electron chi connectivity index (χ4n) is 3.83. The number of hydrogen-bond acceptors (Lipinski definition) is 3. The molecule has 0 radical (unpaired) electrons. The van der Waals surface area contributed by atoms with E-state index >= 15 is 4.39 Å². The summed E-state index contributed by atoms with van der Waals surface area (Å²) < 4.78 is 71.1. The van der Waals surface area contributed by atoms with Crippen LogP contribution < -0.4 is 0 Å². The van der Waals surface area contributed by atoms with Crippen molar-refractivity contribution < 1.29 is 32.2 Å². The van der Waals surface area contributed by atoms with Crippen molar-refractivity contribution in [3.63, 3.8) is 0 Å². The quantitative estimate of drug-likeness (QED) is 0.329. The van der Waals surface area contributed by atoms with Crippen LogP contribution in [0.1, 0.15) is 41.2 Å². The Morgan fingerprint density at radius 1 is 0.914 bits per heavy atom. The van der Waals surface area contributed by atoms with Gasteiger partial charge in [-0.05, 0) is 47.9 Å². The lowest BCUT2D eigenvalue weighted by Crippen LogP contribution is -2.11. The van der Waals surface area contributed by atoms with Gasteiger partial charge in [0, 0.05) is 18.2 Å². The molecule has 182 valence electrons. The Bertz CT molecular complexity index is 1360. The summed E-state index contributed by atoms with van der Waals surface area (Å²) >= 11 is 0. The average molecular weight is 488 g/mol. The molecule has 0 fully saturated rings. The predicted molar refractivity (Wildman–Crippen MR) is 120 cm³/mol. The van der Waals surface area contributed by atoms with Crippen LogP contribution in [-0.4, -0.2) is 19.8 Å². The molecule has 0 saturated carbocycles. The molecule has 1 aromatic heterocycles. The van der Waals surface area contributed by atoms with Crippen molar-refractivity contribution in [2.45, 2.75) is 32.2 Å². The zero-order valence-corrected chi connectivity index (χ0v) is 18.5. The lowest BCUT2D eigenvalue weighted by molar-refractivity contribution is -0.138. The Morgan fingerprint density at radius 3 is 2.17 bits per heavy atom. The van der Waals surface area contributed by atoms with Crippen LogP contribution in [0.3, 0.4) is 0 Å². The summed E-state index contributed by atoms with van der Waals surface area (Å²) in [5, 5.41) is 19.1. The van der Waals surface area contributed by atoms with Crippen LogP contribution in [0.25, 0.3) is 16.8 Å². The second-order valence-electron chi connectivity index (χ2n) is 8.09. The second-order valence-corrected chi connectivity index (χ2v) is 8.09. The first-order valence-corrected chi connectivity index (χ1v) is 10.7. The molecule has 0 aliphatic rings. The SMILES string of the molecule is CC(O)c1cn(-c2ccc(-c3ccc(CO)c(F)c3)cc2F)c(Cc2ccccc2C(F)(F)F)n1. The Balaban J connectivity index is 1.76. The van der Waals surface area contributed by atoms with E-state index in [1.54, 1.807) is 12.1 Å². The van der Waals surface area contributed by atoms with E-state index in [1.165, 1.54) is 60.2 Å². The van der Waals surface area contributed by atoms with Crippen molar-refractivity contribution in [1.82, 2.24) is 9.55 Å². The minimum absolute atomic E-state index is 0.0140. The zero-order chi connectivity index (χ0) is 25.3. The van der Waals surface area contributed by atoms with Gasteiger partial charge in [0.15, 0.2) is 0 Å². The fraction of sp³-hybridized carbons (Fsp3) is 0.192. The highest BCUT2D eigenvalue weighted by molar-refractivity contribution is 5.65. The van der Waals surface area contributed by atoms with E-state index in [0.717, 1.165) is 6.07 Å². The number of alkyl halides is 3. The molecule has 9 heteroatoms. The van der Waals surface area contributed by atoms with Gasteiger partial charge >= 0.3 is 6.18 Å². The average Bonchev–Trinajstić information content (AvgIpc) is 3.22. The van der Waals surface area contributed by atoms with Crippen LogP contribution in [0.4, 0.5) is 22.0 Å². The number of aromatic nitrogens is 2. The third-order valence-electron chi connectivity index (χ3n) is 5.66. The number of halogens is 5. The van der Waals surface area contributed by atoms with Gasteiger partial charge in [-0.15, -0.1) is 0 Å². The van der Waals surface area contributed by atoms with Gasteiger partial charge in [-0.25, -0.2) is 13.8 Å². The molecular formula is C26H21F5N2O2. The molecule has 0 saturated heterocycles. The molecular weight excluding hydrogens is 467 g/mol. The molecule has 35 heavy (non-hydrogen) atoms. The van der Waals surface area contributed by atoms with E-state index in [2.05, 4.69) is 4.98 Å². The smallest absolute Gasteiger partial charge is 0.392 e. The lowest BCUT2D eigenvalue weighted by atomic mass is 10.0. The van der Waals surface area contributed by atoms with Crippen molar-refractivity contribution in [3.8, 4) is 16.8 Å². The van der Waals surface area contributed by atoms with Crippen molar-refractivity contribution in [1.29, 1.82) is 0 Å². The normalized spacial score (nSPS) is 12.7. The van der Waals surface area contributed by atoms with Crippen molar-refractivity contribution >= 4 is 0 Å². The number of aliphatic hydroxyl groups is 2. The molecule has 4 nitrogen and oxygen atoms in total. The van der Waals surface area contributed by atoms with E-state index in [9.17, 15) is 22.7 Å². The summed E-state index contributed by atoms with van der Waals surface area (Å²) in [6, 6.07) is 13.3. The molecule has 0 amide bonds. The first-order chi connectivity index (χ1) is 16.6. The van der Waals surface area contributed by atoms with Crippen LogP contribution in [-0.2, 0) is 19.2 Å². The van der Waals surface area contributed by atoms with Crippen molar-refractivity contribution in [2.75, 3.05) is 0 Å². The predicted octanol–water partition coefficient (Wildman–Crippen LogP) is 5.97. The van der Waals surface area contributed by atoms with Gasteiger partial charge in [0.05, 0.1) is 29.7 Å². The van der Waals surface area contributed by atoms with Gasteiger partial charge in [-0.1, -0.05) is 36.4 Å². The molecule has 0 aliphatic heterocycles. The molecule has 1 heterocycles. The molecule has 4 aromatic rings. The summed E-state index contributed by atoms with van der Waals surface area (Å²) in [6.07, 6.45) is -4.47. The number of hydrogen-bond donors (Lipinski definition) is 2. The standard InChI is InChI=1S/C26H21F5N2O2/c1-15(35)23-13-33(25(32-23)12-18-4-2-3-5-20(18)26(29,30)31)24-9-8-17(11-22(24)28)16-6-7-19(14-34)21(27)10-16/h2-11,13,15,34-35H,12,14H2,1H3. The topological polar surface area (TPSA) is 58.3 Å². The highest BCUT2D eigenvalue weighted by Gasteiger charge is 2.33. The number of rotatable bonds is 6. The van der Waals surface area contributed by atoms with Crippen molar-refractivity contribution in [3.05, 3.63) is 107 Å². The van der Waals surface area contributed by atoms with E-state index in [4.69, 9.17) is 5.11 Å². The molecule has 4 rings (SSSR count). The molecule has 2 N–H and O–H groups in total. The summed E-state index contributed by atoms with van der Waals surface area (Å²) in [7, 11) is 0. The van der Waals surface area contributed by atoms with E-state index in [0.29, 0.717) is 11.1 Å². The van der Waals surface area contributed by atoms with Gasteiger partial charge < -0.3 is 14.8 Å². The molecule has 1 unspecified atom stereocenters. The summed E-state index contributed by atoms with van der Waals surface area (Å²) in [5.41, 5.74) is 0.195. The maximum absolute atomic E-state index is 15.2. The van der Waals surface area contributed by atoms with E-state index in [1.807, 2.05) is 0 Å². The number of nitrogens with zero attached hydrogens (tertiary/aromatic N) is 2. The summed E-state index contributed by atoms with van der Waals surface area (Å²) in [5.74, 6) is -1.23. The Hall–Kier alpha value is -3.56. The van der Waals surface area contributed by atoms with Crippen LogP contribution >= 0.6 is 0 Å². The minimum atomic E-state index is -4.57. The molecule has 0 aliphatic carbocycles. The third-order valence-corrected chi connectivity index (χ3v) is 5.66. The highest BCUT2D eigenvalue weighted by atomic mass is 19.4. The van der Waals surface area contributed by atoms with E-state index < -0.39 is 36.1 Å². The monoisotopic (exact) mass is 488 g/mol. The third kappa shape index (κ3) is 5.11. The van der Waals surface area contributed by atoms with Crippen molar-refractivity contribution in [2.24, 2.45) is 0 Å². The van der Waals surface area contributed by atoms with Crippen LogP contribution in [0.2, 0.25) is 0 Å². The highest BCUT2D eigenvalue weighted by Crippen LogP contribution is 2.34. The van der Waals surface area contributed by atoms with Gasteiger partial charge in [-0.2, -0.15) is 13.2 Å². The van der Waals surface area contributed by atoms with Gasteiger partial charge in [0.1, 0.15) is 17.5 Å². The summed E-state index contributed by atoms with van der Waals surface area (Å²) in [4.78, 5) is 4.26. The first-order valence-electron chi connectivity index (χ1n) is 10.7. The van der Waals surface area contributed by atoms with Gasteiger partial charge in [-0.3, -0.25) is 0 Å². The van der Waals surface area contributed by atoms with Crippen LogP contribution in [0, 0.1) is 11.6 Å². The lowest BCUT2D eigenvalue weighted by Gasteiger charge is -2.14. The fourth-order valence-corrected chi connectivity index (χ4v) is 3.83. The minimum Gasteiger partial charge on any atom is -0.392 e. The van der Waals surface area contributed by atoms with E-state index in [-0.39, 0.29) is 34.8 Å². The Labute approximate surface area is 197 Å². The summed E-state index contributed by atoms with van der Waals surface area (Å²) in [6.45, 7) is 0.982. The van der Waals surface area contributed by atoms with Crippen LogP contribution in [0.5, 0.6) is 0 Å². The number of aliphatic hydroxyl groups excluding tert-OH is 2. The first kappa shape index (κ1) is 24.6. The molecule has 1 atom stereocenters. The Morgan fingerprint density at radius 2 is 1.57 bits per heavy atom. The second kappa shape index (κ2) is 9.59. The maximum atomic E-state index is 15.2. The number of imidazole rings is 1. The van der Waals surface area contributed by atoms with Crippen LogP contribution in [0.15, 0.2) is 66.9 Å². The van der Waals surface area contributed by atoms with Gasteiger partial charge in [0.2, 0.25) is 0 Å². The molecule has 0 bridgehead atoms. The molecule has 0 spiro atoms.